The highest BCUT2D eigenvalue weighted by Gasteiger charge is 2.19. The van der Waals surface area contributed by atoms with E-state index in [1.807, 2.05) is 12.1 Å². The van der Waals surface area contributed by atoms with Crippen LogP contribution in [0.2, 0.25) is 0 Å². The number of oxazole rings is 1. The van der Waals surface area contributed by atoms with Crippen LogP contribution in [0.3, 0.4) is 0 Å². The maximum absolute atomic E-state index is 9.62. The average Bonchev–Trinajstić information content (AvgIpc) is 2.70. The molecule has 5 heteroatoms. The van der Waals surface area contributed by atoms with Crippen LogP contribution >= 0.6 is 0 Å². The molecule has 1 saturated heterocycles. The minimum absolute atomic E-state index is 0.223. The first-order valence-electron chi connectivity index (χ1n) is 6.26. The fourth-order valence-corrected chi connectivity index (χ4v) is 2.42. The number of aliphatic hydroxyl groups is 1. The van der Waals surface area contributed by atoms with Crippen LogP contribution in [0.15, 0.2) is 22.6 Å². The van der Waals surface area contributed by atoms with E-state index in [4.69, 9.17) is 10.2 Å². The second-order valence-electron chi connectivity index (χ2n) is 4.87. The van der Waals surface area contributed by atoms with Crippen molar-refractivity contribution in [2.45, 2.75) is 25.5 Å². The second-order valence-corrected chi connectivity index (χ2v) is 4.87. The Morgan fingerprint density at radius 3 is 3.22 bits per heavy atom. The summed E-state index contributed by atoms with van der Waals surface area (Å²) in [5.74, 6) is 0.685. The molecule has 1 aromatic carbocycles. The first kappa shape index (κ1) is 11.5. The molecule has 3 rings (SSSR count). The van der Waals surface area contributed by atoms with Crippen molar-refractivity contribution >= 4 is 16.8 Å². The molecular weight excluding hydrogens is 230 g/mol. The van der Waals surface area contributed by atoms with Gasteiger partial charge in [0.2, 0.25) is 5.89 Å². The maximum atomic E-state index is 9.62. The van der Waals surface area contributed by atoms with Crippen molar-refractivity contribution < 1.29 is 9.52 Å². The Hall–Kier alpha value is -1.59. The van der Waals surface area contributed by atoms with Gasteiger partial charge in [0.25, 0.3) is 0 Å². The van der Waals surface area contributed by atoms with E-state index in [0.29, 0.717) is 24.7 Å². The van der Waals surface area contributed by atoms with E-state index in [1.54, 1.807) is 6.07 Å². The lowest BCUT2D eigenvalue weighted by Crippen LogP contribution is -2.37. The summed E-state index contributed by atoms with van der Waals surface area (Å²) in [5.41, 5.74) is 7.94. The summed E-state index contributed by atoms with van der Waals surface area (Å²) < 4.78 is 5.67. The largest absolute Gasteiger partial charge is 0.439 e. The van der Waals surface area contributed by atoms with Gasteiger partial charge < -0.3 is 15.3 Å². The molecule has 1 aliphatic rings. The van der Waals surface area contributed by atoms with Gasteiger partial charge in [0, 0.05) is 18.3 Å². The molecule has 0 radical (unpaired) electrons. The summed E-state index contributed by atoms with van der Waals surface area (Å²) in [7, 11) is 0. The molecule has 3 N–H and O–H groups in total. The van der Waals surface area contributed by atoms with Gasteiger partial charge in [-0.15, -0.1) is 0 Å². The zero-order valence-electron chi connectivity index (χ0n) is 10.2. The minimum atomic E-state index is -0.223. The lowest BCUT2D eigenvalue weighted by molar-refractivity contribution is 0.0627. The number of aromatic nitrogens is 1. The molecule has 0 spiro atoms. The number of aliphatic hydroxyl groups excluding tert-OH is 1. The van der Waals surface area contributed by atoms with Crippen molar-refractivity contribution in [2.24, 2.45) is 0 Å². The number of nitrogens with two attached hydrogens (primary N) is 1. The summed E-state index contributed by atoms with van der Waals surface area (Å²) in [5, 5.41) is 9.62. The third kappa shape index (κ3) is 2.32. The van der Waals surface area contributed by atoms with Crippen LogP contribution < -0.4 is 5.73 Å². The molecule has 2 aromatic rings. The number of rotatable bonds is 2. The molecule has 0 amide bonds. The number of nitrogens with zero attached hydrogens (tertiary/aromatic N) is 2. The summed E-state index contributed by atoms with van der Waals surface area (Å²) in [6, 6.07) is 5.47. The van der Waals surface area contributed by atoms with Gasteiger partial charge in [0.15, 0.2) is 5.58 Å². The van der Waals surface area contributed by atoms with Crippen LogP contribution in [0.1, 0.15) is 18.7 Å². The Kier molecular flexibility index (Phi) is 2.93. The second kappa shape index (κ2) is 4.59. The highest BCUT2D eigenvalue weighted by Crippen LogP contribution is 2.20. The highest BCUT2D eigenvalue weighted by atomic mass is 16.3. The molecule has 18 heavy (non-hydrogen) atoms. The van der Waals surface area contributed by atoms with Gasteiger partial charge in [-0.25, -0.2) is 4.98 Å². The van der Waals surface area contributed by atoms with E-state index in [1.165, 1.54) is 0 Å². The van der Waals surface area contributed by atoms with Crippen molar-refractivity contribution in [2.75, 3.05) is 18.8 Å². The van der Waals surface area contributed by atoms with Gasteiger partial charge in [-0.3, -0.25) is 4.90 Å². The molecule has 1 aromatic heterocycles. The zero-order valence-corrected chi connectivity index (χ0v) is 10.2. The van der Waals surface area contributed by atoms with Crippen LogP contribution in [-0.2, 0) is 6.54 Å². The Morgan fingerprint density at radius 1 is 1.50 bits per heavy atom. The van der Waals surface area contributed by atoms with E-state index in [0.717, 1.165) is 30.5 Å². The molecule has 0 aliphatic carbocycles. The van der Waals surface area contributed by atoms with Crippen molar-refractivity contribution in [1.82, 2.24) is 9.88 Å². The summed E-state index contributed by atoms with van der Waals surface area (Å²) in [4.78, 5) is 6.60. The molecule has 2 heterocycles. The summed E-state index contributed by atoms with van der Waals surface area (Å²) >= 11 is 0. The van der Waals surface area contributed by atoms with Crippen LogP contribution in [0.4, 0.5) is 5.69 Å². The van der Waals surface area contributed by atoms with Crippen molar-refractivity contribution in [3.63, 3.8) is 0 Å². The van der Waals surface area contributed by atoms with E-state index in [-0.39, 0.29) is 6.10 Å². The number of anilines is 1. The molecule has 1 fully saturated rings. The molecule has 0 saturated carbocycles. The first-order valence-corrected chi connectivity index (χ1v) is 6.26. The smallest absolute Gasteiger partial charge is 0.209 e. The standard InChI is InChI=1S/C13H17N3O2/c14-9-3-4-11-12(6-9)18-13(15-11)8-16-5-1-2-10(17)7-16/h3-4,6,10,17H,1-2,5,7-8,14H2. The number of piperidine rings is 1. The summed E-state index contributed by atoms with van der Waals surface area (Å²) in [6.07, 6.45) is 1.69. The van der Waals surface area contributed by atoms with Gasteiger partial charge >= 0.3 is 0 Å². The van der Waals surface area contributed by atoms with Crippen LogP contribution in [0.25, 0.3) is 11.1 Å². The molecule has 0 bridgehead atoms. The number of benzene rings is 1. The topological polar surface area (TPSA) is 75.5 Å². The Morgan fingerprint density at radius 2 is 2.39 bits per heavy atom. The Bertz CT molecular complexity index is 552. The average molecular weight is 247 g/mol. The van der Waals surface area contributed by atoms with Gasteiger partial charge in [-0.2, -0.15) is 0 Å². The third-order valence-corrected chi connectivity index (χ3v) is 3.30. The quantitative estimate of drug-likeness (QED) is 0.784. The Labute approximate surface area is 105 Å². The molecule has 96 valence electrons. The highest BCUT2D eigenvalue weighted by molar-refractivity contribution is 5.76. The number of nitrogen functional groups attached to an aromatic ring is 1. The van der Waals surface area contributed by atoms with Gasteiger partial charge in [-0.1, -0.05) is 0 Å². The molecule has 1 unspecified atom stereocenters. The van der Waals surface area contributed by atoms with Gasteiger partial charge in [0.05, 0.1) is 12.6 Å². The number of hydrogen-bond acceptors (Lipinski definition) is 5. The first-order chi connectivity index (χ1) is 8.70. The predicted octanol–water partition coefficient (Wildman–Crippen LogP) is 1.37. The molecular formula is C13H17N3O2. The fourth-order valence-electron chi connectivity index (χ4n) is 2.42. The maximum Gasteiger partial charge on any atom is 0.209 e. The van der Waals surface area contributed by atoms with Gasteiger partial charge in [-0.05, 0) is 31.5 Å². The van der Waals surface area contributed by atoms with Crippen LogP contribution in [-0.4, -0.2) is 34.2 Å². The van der Waals surface area contributed by atoms with Crippen molar-refractivity contribution in [3.8, 4) is 0 Å². The minimum Gasteiger partial charge on any atom is -0.439 e. The number of likely N-dealkylation sites (tertiary alicyclic amines) is 1. The van der Waals surface area contributed by atoms with Crippen LogP contribution in [0.5, 0.6) is 0 Å². The number of fused-ring (bicyclic) bond motifs is 1. The van der Waals surface area contributed by atoms with E-state index < -0.39 is 0 Å². The Balaban J connectivity index is 1.78. The number of β-amino-alcohol motifs (C(OH)–C–C–N with tert-alkyl or cyclic N) is 1. The SMILES string of the molecule is Nc1ccc2nc(CN3CCCC(O)C3)oc2c1. The zero-order chi connectivity index (χ0) is 12.5. The molecule has 5 nitrogen and oxygen atoms in total. The number of hydrogen-bond donors (Lipinski definition) is 2. The third-order valence-electron chi connectivity index (χ3n) is 3.30. The summed E-state index contributed by atoms with van der Waals surface area (Å²) in [6.45, 7) is 2.32. The lowest BCUT2D eigenvalue weighted by Gasteiger charge is -2.28. The van der Waals surface area contributed by atoms with Crippen molar-refractivity contribution in [1.29, 1.82) is 0 Å². The molecule has 1 aliphatic heterocycles. The fraction of sp³-hybridized carbons (Fsp3) is 0.462. The van der Waals surface area contributed by atoms with Crippen molar-refractivity contribution in [3.05, 3.63) is 24.1 Å². The van der Waals surface area contributed by atoms with E-state index >= 15 is 0 Å². The predicted molar refractivity (Wildman–Crippen MR) is 68.9 cm³/mol. The van der Waals surface area contributed by atoms with Gasteiger partial charge in [0.1, 0.15) is 5.52 Å². The molecule has 1 atom stereocenters. The van der Waals surface area contributed by atoms with Crippen LogP contribution in [0, 0.1) is 0 Å². The van der Waals surface area contributed by atoms with E-state index in [2.05, 4.69) is 9.88 Å². The van der Waals surface area contributed by atoms with E-state index in [9.17, 15) is 5.11 Å². The normalized spacial score (nSPS) is 21.5. The lowest BCUT2D eigenvalue weighted by atomic mass is 10.1. The monoisotopic (exact) mass is 247 g/mol.